The Morgan fingerprint density at radius 3 is 2.78 bits per heavy atom. The summed E-state index contributed by atoms with van der Waals surface area (Å²) in [7, 11) is 0. The molecule has 1 N–H and O–H groups in total. The zero-order valence-electron chi connectivity index (χ0n) is 11.3. The van der Waals surface area contributed by atoms with Crippen LogP contribution in [0.1, 0.15) is 37.2 Å². The topological polar surface area (TPSA) is 28.4 Å². The second kappa shape index (κ2) is 5.45. The van der Waals surface area contributed by atoms with Gasteiger partial charge in [-0.25, -0.2) is 0 Å². The summed E-state index contributed by atoms with van der Waals surface area (Å²) in [6, 6.07) is 4.88. The highest BCUT2D eigenvalue weighted by atomic mass is 16.3. The lowest BCUT2D eigenvalue weighted by atomic mass is 10.2. The average molecular weight is 248 g/mol. The average Bonchev–Trinajstić information content (AvgIpc) is 2.84. The van der Waals surface area contributed by atoms with Crippen LogP contribution in [0.25, 0.3) is 0 Å². The van der Waals surface area contributed by atoms with E-state index in [-0.39, 0.29) is 0 Å². The van der Waals surface area contributed by atoms with E-state index in [1.165, 1.54) is 45.3 Å². The van der Waals surface area contributed by atoms with Crippen molar-refractivity contribution < 1.29 is 4.42 Å². The minimum Gasteiger partial charge on any atom is -0.465 e. The molecule has 1 aromatic rings. The van der Waals surface area contributed by atoms with Crippen molar-refractivity contribution in [1.29, 1.82) is 0 Å². The van der Waals surface area contributed by atoms with E-state index in [2.05, 4.69) is 22.3 Å². The zero-order chi connectivity index (χ0) is 12.4. The molecule has 1 atom stereocenters. The number of hydrogen-bond acceptors (Lipinski definition) is 3. The lowest BCUT2D eigenvalue weighted by Crippen LogP contribution is -2.38. The smallest absolute Gasteiger partial charge is 0.118 e. The number of rotatable bonds is 6. The SMILES string of the molecule is Cc1ccc(CN(CC2CC2)CC2CCCN2)o1. The van der Waals surface area contributed by atoms with Gasteiger partial charge in [-0.2, -0.15) is 0 Å². The molecule has 0 spiro atoms. The summed E-state index contributed by atoms with van der Waals surface area (Å²) in [5, 5.41) is 3.60. The molecular weight excluding hydrogens is 224 g/mol. The van der Waals surface area contributed by atoms with E-state index in [1.54, 1.807) is 0 Å². The predicted octanol–water partition coefficient (Wildman–Crippen LogP) is 2.55. The molecule has 0 radical (unpaired) electrons. The molecule has 3 nitrogen and oxygen atoms in total. The first-order valence-electron chi connectivity index (χ1n) is 7.30. The van der Waals surface area contributed by atoms with Gasteiger partial charge in [0, 0.05) is 19.1 Å². The molecule has 18 heavy (non-hydrogen) atoms. The summed E-state index contributed by atoms with van der Waals surface area (Å²) in [5.74, 6) is 3.09. The minimum atomic E-state index is 0.694. The van der Waals surface area contributed by atoms with E-state index in [0.29, 0.717) is 6.04 Å². The number of furan rings is 1. The number of nitrogens with zero attached hydrogens (tertiary/aromatic N) is 1. The van der Waals surface area contributed by atoms with Crippen molar-refractivity contribution in [3.8, 4) is 0 Å². The first kappa shape index (κ1) is 12.2. The van der Waals surface area contributed by atoms with Gasteiger partial charge in [0.2, 0.25) is 0 Å². The Kier molecular flexibility index (Phi) is 3.71. The first-order valence-corrected chi connectivity index (χ1v) is 7.30. The zero-order valence-corrected chi connectivity index (χ0v) is 11.3. The quantitative estimate of drug-likeness (QED) is 0.838. The largest absolute Gasteiger partial charge is 0.465 e. The van der Waals surface area contributed by atoms with E-state index >= 15 is 0 Å². The van der Waals surface area contributed by atoms with Crippen LogP contribution in [0.3, 0.4) is 0 Å². The molecule has 2 aliphatic rings. The van der Waals surface area contributed by atoms with E-state index in [9.17, 15) is 0 Å². The molecule has 0 amide bonds. The van der Waals surface area contributed by atoms with Gasteiger partial charge >= 0.3 is 0 Å². The van der Waals surface area contributed by atoms with Crippen molar-refractivity contribution in [2.24, 2.45) is 5.92 Å². The fourth-order valence-electron chi connectivity index (χ4n) is 2.88. The summed E-state index contributed by atoms with van der Waals surface area (Å²) in [6.07, 6.45) is 5.51. The maximum atomic E-state index is 5.72. The van der Waals surface area contributed by atoms with Crippen LogP contribution in [0.15, 0.2) is 16.5 Å². The van der Waals surface area contributed by atoms with Gasteiger partial charge in [0.25, 0.3) is 0 Å². The summed E-state index contributed by atoms with van der Waals surface area (Å²) >= 11 is 0. The highest BCUT2D eigenvalue weighted by Crippen LogP contribution is 2.30. The molecule has 0 bridgehead atoms. The molecule has 3 rings (SSSR count). The molecule has 2 heterocycles. The normalized spacial score (nSPS) is 24.0. The number of nitrogens with one attached hydrogen (secondary N) is 1. The molecule has 1 aliphatic carbocycles. The molecule has 0 aromatic carbocycles. The Balaban J connectivity index is 1.57. The van der Waals surface area contributed by atoms with Gasteiger partial charge < -0.3 is 9.73 Å². The van der Waals surface area contributed by atoms with Crippen molar-refractivity contribution in [3.63, 3.8) is 0 Å². The van der Waals surface area contributed by atoms with Crippen molar-refractivity contribution in [3.05, 3.63) is 23.7 Å². The van der Waals surface area contributed by atoms with E-state index in [4.69, 9.17) is 4.42 Å². The molecule has 1 aliphatic heterocycles. The molecule has 1 saturated heterocycles. The monoisotopic (exact) mass is 248 g/mol. The standard InChI is InChI=1S/C15H24N2O/c1-12-4-7-15(18-12)11-17(9-13-5-6-13)10-14-3-2-8-16-14/h4,7,13-14,16H,2-3,5-6,8-11H2,1H3. The lowest BCUT2D eigenvalue weighted by Gasteiger charge is -2.24. The minimum absolute atomic E-state index is 0.694. The van der Waals surface area contributed by atoms with Crippen LogP contribution in [-0.2, 0) is 6.54 Å². The summed E-state index contributed by atoms with van der Waals surface area (Å²) < 4.78 is 5.72. The highest BCUT2D eigenvalue weighted by Gasteiger charge is 2.26. The van der Waals surface area contributed by atoms with Gasteiger partial charge in [0.1, 0.15) is 11.5 Å². The Hall–Kier alpha value is -0.800. The molecule has 1 aromatic heterocycles. The third kappa shape index (κ3) is 3.36. The van der Waals surface area contributed by atoms with Crippen LogP contribution in [0, 0.1) is 12.8 Å². The fraction of sp³-hybridized carbons (Fsp3) is 0.733. The van der Waals surface area contributed by atoms with Crippen molar-refractivity contribution in [2.45, 2.75) is 45.2 Å². The second-order valence-corrected chi connectivity index (χ2v) is 5.94. The molecule has 1 unspecified atom stereocenters. The first-order chi connectivity index (χ1) is 8.79. The van der Waals surface area contributed by atoms with E-state index in [1.807, 2.05) is 6.92 Å². The molecular formula is C15H24N2O. The number of aryl methyl sites for hydroxylation is 1. The van der Waals surface area contributed by atoms with Crippen LogP contribution < -0.4 is 5.32 Å². The van der Waals surface area contributed by atoms with E-state index in [0.717, 1.165) is 24.0 Å². The van der Waals surface area contributed by atoms with Crippen molar-refractivity contribution in [2.75, 3.05) is 19.6 Å². The predicted molar refractivity (Wildman–Crippen MR) is 72.5 cm³/mol. The van der Waals surface area contributed by atoms with Gasteiger partial charge in [-0.05, 0) is 57.2 Å². The van der Waals surface area contributed by atoms with Gasteiger partial charge in [-0.15, -0.1) is 0 Å². The Bertz CT molecular complexity index is 378. The summed E-state index contributed by atoms with van der Waals surface area (Å²) in [6.45, 7) is 6.62. The van der Waals surface area contributed by atoms with Crippen LogP contribution in [0.4, 0.5) is 0 Å². The highest BCUT2D eigenvalue weighted by molar-refractivity contribution is 5.05. The maximum absolute atomic E-state index is 5.72. The van der Waals surface area contributed by atoms with Crippen molar-refractivity contribution >= 4 is 0 Å². The van der Waals surface area contributed by atoms with Crippen LogP contribution in [0.2, 0.25) is 0 Å². The van der Waals surface area contributed by atoms with Gasteiger partial charge in [0.05, 0.1) is 6.54 Å². The van der Waals surface area contributed by atoms with Crippen LogP contribution >= 0.6 is 0 Å². The maximum Gasteiger partial charge on any atom is 0.118 e. The van der Waals surface area contributed by atoms with Gasteiger partial charge in [0.15, 0.2) is 0 Å². The van der Waals surface area contributed by atoms with Crippen molar-refractivity contribution in [1.82, 2.24) is 10.2 Å². The Morgan fingerprint density at radius 1 is 1.28 bits per heavy atom. The summed E-state index contributed by atoms with van der Waals surface area (Å²) in [4.78, 5) is 2.58. The second-order valence-electron chi connectivity index (χ2n) is 5.94. The number of hydrogen-bond donors (Lipinski definition) is 1. The molecule has 1 saturated carbocycles. The lowest BCUT2D eigenvalue weighted by molar-refractivity contribution is 0.214. The molecule has 100 valence electrons. The van der Waals surface area contributed by atoms with Gasteiger partial charge in [-0.1, -0.05) is 0 Å². The Labute approximate surface area is 110 Å². The third-order valence-electron chi connectivity index (χ3n) is 4.03. The van der Waals surface area contributed by atoms with Crippen LogP contribution in [-0.4, -0.2) is 30.6 Å². The fourth-order valence-corrected chi connectivity index (χ4v) is 2.88. The molecule has 3 heteroatoms. The van der Waals surface area contributed by atoms with Crippen LogP contribution in [0.5, 0.6) is 0 Å². The third-order valence-corrected chi connectivity index (χ3v) is 4.03. The summed E-state index contributed by atoms with van der Waals surface area (Å²) in [5.41, 5.74) is 0. The Morgan fingerprint density at radius 2 is 2.17 bits per heavy atom. The van der Waals surface area contributed by atoms with E-state index < -0.39 is 0 Å². The van der Waals surface area contributed by atoms with Gasteiger partial charge in [-0.3, -0.25) is 4.90 Å². The molecule has 2 fully saturated rings.